The summed E-state index contributed by atoms with van der Waals surface area (Å²) in [6.07, 6.45) is -4.55. The number of rotatable bonds is 4. The Morgan fingerprint density at radius 2 is 1.78 bits per heavy atom. The highest BCUT2D eigenvalue weighted by molar-refractivity contribution is 7.80. The molecule has 0 fully saturated rings. The van der Waals surface area contributed by atoms with Crippen molar-refractivity contribution in [3.63, 3.8) is 0 Å². The van der Waals surface area contributed by atoms with Gasteiger partial charge in [0.25, 0.3) is 0 Å². The van der Waals surface area contributed by atoms with Gasteiger partial charge in [0.15, 0.2) is 0 Å². The summed E-state index contributed by atoms with van der Waals surface area (Å²) in [7, 11) is 0. The highest BCUT2D eigenvalue weighted by Crippen LogP contribution is 2.29. The lowest BCUT2D eigenvalue weighted by Crippen LogP contribution is -2.38. The van der Waals surface area contributed by atoms with Crippen LogP contribution in [0, 0.1) is 5.92 Å². The molecule has 0 spiro atoms. The van der Waals surface area contributed by atoms with Crippen LogP contribution in [0.1, 0.15) is 0 Å². The minimum absolute atomic E-state index is 0.123. The lowest BCUT2D eigenvalue weighted by atomic mass is 10.1. The lowest BCUT2D eigenvalue weighted by Gasteiger charge is -2.19. The number of ether oxygens (including phenoxy) is 1. The van der Waals surface area contributed by atoms with Crippen molar-refractivity contribution >= 4 is 40.4 Å². The first kappa shape index (κ1) is 15.3. The largest absolute Gasteiger partial charge is 0.492 e. The number of halogens is 5. The van der Waals surface area contributed by atoms with Gasteiger partial charge in [0.2, 0.25) is 0 Å². The molecule has 0 aromatic heterocycles. The minimum atomic E-state index is -4.55. The van der Waals surface area contributed by atoms with E-state index in [1.54, 1.807) is 0 Å². The van der Waals surface area contributed by atoms with Gasteiger partial charge in [0, 0.05) is 10.0 Å². The maximum Gasteiger partial charge on any atom is 0.401 e. The van der Waals surface area contributed by atoms with Crippen LogP contribution in [-0.2, 0) is 0 Å². The zero-order valence-corrected chi connectivity index (χ0v) is 11.1. The van der Waals surface area contributed by atoms with Gasteiger partial charge in [-0.1, -0.05) is 35.4 Å². The summed E-state index contributed by atoms with van der Waals surface area (Å²) in [5.74, 6) is -1.89. The molecular formula is C10H8Cl2F3NOS. The van der Waals surface area contributed by atoms with Crippen molar-refractivity contribution in [1.29, 1.82) is 0 Å². The van der Waals surface area contributed by atoms with Gasteiger partial charge in [-0.3, -0.25) is 0 Å². The third-order valence-corrected chi connectivity index (χ3v) is 2.71. The average molecular weight is 318 g/mol. The van der Waals surface area contributed by atoms with Crippen LogP contribution in [-0.4, -0.2) is 17.8 Å². The summed E-state index contributed by atoms with van der Waals surface area (Å²) >= 11 is 15.7. The van der Waals surface area contributed by atoms with Gasteiger partial charge in [-0.05, 0) is 18.2 Å². The fourth-order valence-corrected chi connectivity index (χ4v) is 1.84. The standard InChI is InChI=1S/C10H8Cl2F3NOS/c11-5-1-6(12)3-7(2-5)17-4-8(9(16)18)10(13,14)15/h1-3,8H,4H2,(H2,16,18). The molecule has 1 atom stereocenters. The monoisotopic (exact) mass is 317 g/mol. The average Bonchev–Trinajstić information content (AvgIpc) is 2.12. The molecule has 18 heavy (non-hydrogen) atoms. The first-order chi connectivity index (χ1) is 8.20. The van der Waals surface area contributed by atoms with Crippen LogP contribution in [0.15, 0.2) is 18.2 Å². The van der Waals surface area contributed by atoms with E-state index in [9.17, 15) is 13.2 Å². The van der Waals surface area contributed by atoms with E-state index in [1.165, 1.54) is 18.2 Å². The van der Waals surface area contributed by atoms with E-state index in [-0.39, 0.29) is 15.8 Å². The zero-order valence-electron chi connectivity index (χ0n) is 8.80. The Labute approximate surface area is 117 Å². The molecule has 0 saturated carbocycles. The lowest BCUT2D eigenvalue weighted by molar-refractivity contribution is -0.161. The molecule has 0 amide bonds. The fraction of sp³-hybridized carbons (Fsp3) is 0.300. The molecule has 1 aromatic rings. The summed E-state index contributed by atoms with van der Waals surface area (Å²) in [5.41, 5.74) is 5.03. The quantitative estimate of drug-likeness (QED) is 0.857. The first-order valence-corrected chi connectivity index (χ1v) is 5.81. The van der Waals surface area contributed by atoms with Crippen molar-refractivity contribution in [3.05, 3.63) is 28.2 Å². The smallest absolute Gasteiger partial charge is 0.401 e. The van der Waals surface area contributed by atoms with Crippen LogP contribution < -0.4 is 10.5 Å². The van der Waals surface area contributed by atoms with Crippen LogP contribution >= 0.6 is 35.4 Å². The highest BCUT2D eigenvalue weighted by atomic mass is 35.5. The normalized spacial score (nSPS) is 13.2. The van der Waals surface area contributed by atoms with Crippen molar-refractivity contribution in [2.45, 2.75) is 6.18 Å². The second-order valence-electron chi connectivity index (χ2n) is 3.41. The second-order valence-corrected chi connectivity index (χ2v) is 4.76. The van der Waals surface area contributed by atoms with Crippen LogP contribution in [0.3, 0.4) is 0 Å². The van der Waals surface area contributed by atoms with Gasteiger partial charge in [0.05, 0.1) is 4.99 Å². The molecule has 2 nitrogen and oxygen atoms in total. The fourth-order valence-electron chi connectivity index (χ4n) is 1.13. The summed E-state index contributed by atoms with van der Waals surface area (Å²) < 4.78 is 42.6. The third kappa shape index (κ3) is 4.51. The van der Waals surface area contributed by atoms with E-state index < -0.39 is 23.7 Å². The molecule has 0 aliphatic heterocycles. The minimum Gasteiger partial charge on any atom is -0.492 e. The van der Waals surface area contributed by atoms with Gasteiger partial charge in [-0.15, -0.1) is 0 Å². The molecular weight excluding hydrogens is 310 g/mol. The van der Waals surface area contributed by atoms with E-state index in [2.05, 4.69) is 12.2 Å². The Kier molecular flexibility index (Phi) is 5.07. The van der Waals surface area contributed by atoms with E-state index in [0.29, 0.717) is 0 Å². The molecule has 0 radical (unpaired) electrons. The predicted molar refractivity (Wildman–Crippen MR) is 68.3 cm³/mol. The zero-order chi connectivity index (χ0) is 13.9. The van der Waals surface area contributed by atoms with E-state index >= 15 is 0 Å². The SMILES string of the molecule is NC(=S)C(COc1cc(Cl)cc(Cl)c1)C(F)(F)F. The molecule has 2 N–H and O–H groups in total. The Morgan fingerprint density at radius 1 is 1.28 bits per heavy atom. The number of hydrogen-bond acceptors (Lipinski definition) is 2. The van der Waals surface area contributed by atoms with Crippen LogP contribution in [0.2, 0.25) is 10.0 Å². The van der Waals surface area contributed by atoms with Crippen molar-refractivity contribution in [2.75, 3.05) is 6.61 Å². The van der Waals surface area contributed by atoms with Gasteiger partial charge >= 0.3 is 6.18 Å². The molecule has 1 aromatic carbocycles. The van der Waals surface area contributed by atoms with Gasteiger partial charge in [0.1, 0.15) is 18.3 Å². The van der Waals surface area contributed by atoms with Crippen LogP contribution in [0.25, 0.3) is 0 Å². The maximum atomic E-state index is 12.5. The molecule has 1 rings (SSSR count). The van der Waals surface area contributed by atoms with Crippen molar-refractivity contribution in [2.24, 2.45) is 11.7 Å². The number of nitrogens with two attached hydrogens (primary N) is 1. The molecule has 0 aliphatic carbocycles. The molecule has 0 saturated heterocycles. The predicted octanol–water partition coefficient (Wildman–Crippen LogP) is 3.84. The second kappa shape index (κ2) is 5.95. The van der Waals surface area contributed by atoms with Crippen molar-refractivity contribution < 1.29 is 17.9 Å². The molecule has 0 bridgehead atoms. The summed E-state index contributed by atoms with van der Waals surface area (Å²) in [6.45, 7) is -0.713. The number of hydrogen-bond donors (Lipinski definition) is 1. The van der Waals surface area contributed by atoms with Crippen molar-refractivity contribution in [3.8, 4) is 5.75 Å². The Hall–Kier alpha value is -0.720. The molecule has 8 heteroatoms. The van der Waals surface area contributed by atoms with E-state index in [1.807, 2.05) is 0 Å². The molecule has 100 valence electrons. The van der Waals surface area contributed by atoms with Gasteiger partial charge in [-0.2, -0.15) is 13.2 Å². The van der Waals surface area contributed by atoms with Crippen molar-refractivity contribution in [1.82, 2.24) is 0 Å². The molecule has 0 heterocycles. The number of alkyl halides is 3. The Bertz CT molecular complexity index is 433. The summed E-state index contributed by atoms with van der Waals surface area (Å²) in [5, 5.41) is 0.521. The van der Waals surface area contributed by atoms with E-state index in [0.717, 1.165) is 0 Å². The highest BCUT2D eigenvalue weighted by Gasteiger charge is 2.42. The van der Waals surface area contributed by atoms with Gasteiger partial charge < -0.3 is 10.5 Å². The summed E-state index contributed by atoms with van der Waals surface area (Å²) in [4.78, 5) is -0.671. The maximum absolute atomic E-state index is 12.5. The van der Waals surface area contributed by atoms with Crippen LogP contribution in [0.5, 0.6) is 5.75 Å². The Balaban J connectivity index is 2.76. The molecule has 1 unspecified atom stereocenters. The first-order valence-electron chi connectivity index (χ1n) is 4.65. The number of thiocarbonyl (C=S) groups is 1. The summed E-state index contributed by atoms with van der Waals surface area (Å²) in [6, 6.07) is 4.13. The van der Waals surface area contributed by atoms with Crippen LogP contribution in [0.4, 0.5) is 13.2 Å². The number of benzene rings is 1. The third-order valence-electron chi connectivity index (χ3n) is 1.99. The van der Waals surface area contributed by atoms with E-state index in [4.69, 9.17) is 33.7 Å². The topological polar surface area (TPSA) is 35.2 Å². The molecule has 0 aliphatic rings. The Morgan fingerprint density at radius 3 is 2.17 bits per heavy atom. The van der Waals surface area contributed by atoms with Gasteiger partial charge in [-0.25, -0.2) is 0 Å².